The van der Waals surface area contributed by atoms with E-state index in [1.165, 1.54) is 0 Å². The van der Waals surface area contributed by atoms with Gasteiger partial charge in [0.05, 0.1) is 23.3 Å². The number of unbranched alkanes of at least 4 members (excludes halogenated alkanes) is 2. The quantitative estimate of drug-likeness (QED) is 0.513. The van der Waals surface area contributed by atoms with Crippen molar-refractivity contribution in [3.8, 4) is 11.5 Å². The Balaban J connectivity index is 2.04. The lowest BCUT2D eigenvalue weighted by Gasteiger charge is -2.12. The van der Waals surface area contributed by atoms with Crippen LogP contribution in [0.3, 0.4) is 0 Å². The number of amides is 1. The van der Waals surface area contributed by atoms with E-state index in [9.17, 15) is 4.79 Å². The van der Waals surface area contributed by atoms with Crippen LogP contribution in [0, 0.1) is 0 Å². The predicted octanol–water partition coefficient (Wildman–Crippen LogP) is 6.21. The van der Waals surface area contributed by atoms with Crippen molar-refractivity contribution in [2.45, 2.75) is 33.1 Å². The predicted molar refractivity (Wildman–Crippen MR) is 107 cm³/mol. The standard InChI is InChI=1S/C20H23Cl2NO3/c1-3-5-6-11-26-19-17(21)12-14(13-18(19)22)20(24)23-15-7-9-16(10-8-15)25-4-2/h7-10,12-13H,3-6,11H2,1-2H3,(H,23,24). The van der Waals surface area contributed by atoms with Crippen molar-refractivity contribution in [2.24, 2.45) is 0 Å². The molecule has 2 aromatic carbocycles. The van der Waals surface area contributed by atoms with Crippen LogP contribution < -0.4 is 14.8 Å². The van der Waals surface area contributed by atoms with Gasteiger partial charge in [0.15, 0.2) is 5.75 Å². The number of anilines is 1. The first-order valence-corrected chi connectivity index (χ1v) is 9.46. The van der Waals surface area contributed by atoms with Crippen molar-refractivity contribution in [3.05, 3.63) is 52.0 Å². The van der Waals surface area contributed by atoms with Gasteiger partial charge < -0.3 is 14.8 Å². The third-order valence-electron chi connectivity index (χ3n) is 3.68. The minimum absolute atomic E-state index is 0.296. The number of carbonyl (C=O) groups is 1. The zero-order chi connectivity index (χ0) is 18.9. The molecule has 0 saturated heterocycles. The molecule has 1 N–H and O–H groups in total. The fourth-order valence-electron chi connectivity index (χ4n) is 2.36. The number of hydrogen-bond acceptors (Lipinski definition) is 3. The zero-order valence-electron chi connectivity index (χ0n) is 15.0. The molecule has 26 heavy (non-hydrogen) atoms. The van der Waals surface area contributed by atoms with Crippen LogP contribution in [-0.4, -0.2) is 19.1 Å². The summed E-state index contributed by atoms with van der Waals surface area (Å²) in [5, 5.41) is 3.46. The lowest BCUT2D eigenvalue weighted by Crippen LogP contribution is -2.12. The van der Waals surface area contributed by atoms with Crippen LogP contribution >= 0.6 is 23.2 Å². The summed E-state index contributed by atoms with van der Waals surface area (Å²) in [6.45, 7) is 5.18. The number of carbonyl (C=O) groups excluding carboxylic acids is 1. The number of ether oxygens (including phenoxy) is 2. The van der Waals surface area contributed by atoms with Crippen molar-refractivity contribution >= 4 is 34.8 Å². The molecule has 2 rings (SSSR count). The van der Waals surface area contributed by atoms with Gasteiger partial charge in [0.25, 0.3) is 5.91 Å². The second kappa shape index (κ2) is 10.3. The van der Waals surface area contributed by atoms with Crippen LogP contribution in [0.25, 0.3) is 0 Å². The van der Waals surface area contributed by atoms with Gasteiger partial charge in [0.1, 0.15) is 5.75 Å². The van der Waals surface area contributed by atoms with Crippen LogP contribution in [0.1, 0.15) is 43.5 Å². The van der Waals surface area contributed by atoms with Crippen molar-refractivity contribution in [1.82, 2.24) is 0 Å². The first-order valence-electron chi connectivity index (χ1n) is 8.71. The van der Waals surface area contributed by atoms with E-state index in [0.717, 1.165) is 25.0 Å². The van der Waals surface area contributed by atoms with E-state index < -0.39 is 0 Å². The number of nitrogens with one attached hydrogen (secondary N) is 1. The summed E-state index contributed by atoms with van der Waals surface area (Å²) < 4.78 is 11.0. The molecule has 0 saturated carbocycles. The van der Waals surface area contributed by atoms with Crippen LogP contribution in [0.5, 0.6) is 11.5 Å². The maximum atomic E-state index is 12.4. The monoisotopic (exact) mass is 395 g/mol. The third kappa shape index (κ3) is 5.82. The summed E-state index contributed by atoms with van der Waals surface area (Å²) in [4.78, 5) is 12.4. The molecule has 0 fully saturated rings. The molecule has 0 bridgehead atoms. The normalized spacial score (nSPS) is 10.5. The summed E-state index contributed by atoms with van der Waals surface area (Å²) in [5.41, 5.74) is 1.03. The van der Waals surface area contributed by atoms with Gasteiger partial charge in [0, 0.05) is 11.3 Å². The van der Waals surface area contributed by atoms with Gasteiger partial charge >= 0.3 is 0 Å². The van der Waals surface area contributed by atoms with Crippen molar-refractivity contribution in [3.63, 3.8) is 0 Å². The first-order chi connectivity index (χ1) is 12.5. The second-order valence-corrected chi connectivity index (χ2v) is 6.55. The van der Waals surface area contributed by atoms with Gasteiger partial charge in [-0.25, -0.2) is 0 Å². The third-order valence-corrected chi connectivity index (χ3v) is 4.24. The molecule has 1 amide bonds. The molecule has 0 aliphatic carbocycles. The van der Waals surface area contributed by atoms with E-state index in [1.807, 2.05) is 6.92 Å². The molecule has 0 heterocycles. The topological polar surface area (TPSA) is 47.6 Å². The average molecular weight is 396 g/mol. The van der Waals surface area contributed by atoms with Gasteiger partial charge in [-0.1, -0.05) is 43.0 Å². The van der Waals surface area contributed by atoms with E-state index in [4.69, 9.17) is 32.7 Å². The maximum absolute atomic E-state index is 12.4. The Morgan fingerprint density at radius 3 is 2.23 bits per heavy atom. The van der Waals surface area contributed by atoms with Crippen LogP contribution in [-0.2, 0) is 0 Å². The molecule has 0 aromatic heterocycles. The van der Waals surface area contributed by atoms with Crippen molar-refractivity contribution in [1.29, 1.82) is 0 Å². The number of halogens is 2. The summed E-state index contributed by atoms with van der Waals surface area (Å²) in [5.74, 6) is 0.874. The summed E-state index contributed by atoms with van der Waals surface area (Å²) >= 11 is 12.5. The lowest BCUT2D eigenvalue weighted by atomic mass is 10.2. The Morgan fingerprint density at radius 1 is 1.00 bits per heavy atom. The minimum atomic E-state index is -0.296. The fraction of sp³-hybridized carbons (Fsp3) is 0.350. The van der Waals surface area contributed by atoms with Crippen LogP contribution in [0.15, 0.2) is 36.4 Å². The van der Waals surface area contributed by atoms with E-state index >= 15 is 0 Å². The van der Waals surface area contributed by atoms with Gasteiger partial charge in [-0.05, 0) is 49.7 Å². The molecule has 4 nitrogen and oxygen atoms in total. The molecular weight excluding hydrogens is 373 g/mol. The number of hydrogen-bond donors (Lipinski definition) is 1. The highest BCUT2D eigenvalue weighted by molar-refractivity contribution is 6.37. The van der Waals surface area contributed by atoms with Crippen molar-refractivity contribution in [2.75, 3.05) is 18.5 Å². The zero-order valence-corrected chi connectivity index (χ0v) is 16.5. The Labute approximate surface area is 164 Å². The molecule has 2 aromatic rings. The van der Waals surface area contributed by atoms with Gasteiger partial charge in [-0.15, -0.1) is 0 Å². The molecule has 0 atom stereocenters. The van der Waals surface area contributed by atoms with E-state index in [0.29, 0.717) is 40.3 Å². The van der Waals surface area contributed by atoms with E-state index in [1.54, 1.807) is 36.4 Å². The van der Waals surface area contributed by atoms with Gasteiger partial charge in [-0.3, -0.25) is 4.79 Å². The average Bonchev–Trinajstić information content (AvgIpc) is 2.62. The minimum Gasteiger partial charge on any atom is -0.494 e. The highest BCUT2D eigenvalue weighted by Gasteiger charge is 2.14. The molecule has 0 spiro atoms. The highest BCUT2D eigenvalue weighted by atomic mass is 35.5. The number of rotatable bonds is 9. The largest absolute Gasteiger partial charge is 0.494 e. The van der Waals surface area contributed by atoms with E-state index in [2.05, 4.69) is 12.2 Å². The lowest BCUT2D eigenvalue weighted by molar-refractivity contribution is 0.102. The van der Waals surface area contributed by atoms with Crippen molar-refractivity contribution < 1.29 is 14.3 Å². The van der Waals surface area contributed by atoms with Gasteiger partial charge in [0.2, 0.25) is 0 Å². The fourth-order valence-corrected chi connectivity index (χ4v) is 2.96. The molecule has 0 aliphatic heterocycles. The molecule has 140 valence electrons. The SMILES string of the molecule is CCCCCOc1c(Cl)cc(C(=O)Nc2ccc(OCC)cc2)cc1Cl. The Kier molecular flexibility index (Phi) is 8.07. The molecular formula is C20H23Cl2NO3. The Morgan fingerprint density at radius 2 is 1.65 bits per heavy atom. The summed E-state index contributed by atoms with van der Waals surface area (Å²) in [6, 6.07) is 10.3. The molecule has 0 unspecified atom stereocenters. The Bertz CT molecular complexity index is 709. The van der Waals surface area contributed by atoms with Gasteiger partial charge in [-0.2, -0.15) is 0 Å². The molecule has 6 heteroatoms. The smallest absolute Gasteiger partial charge is 0.255 e. The maximum Gasteiger partial charge on any atom is 0.255 e. The summed E-state index contributed by atoms with van der Waals surface area (Å²) in [6.07, 6.45) is 3.12. The second-order valence-electron chi connectivity index (χ2n) is 5.74. The Hall–Kier alpha value is -1.91. The van der Waals surface area contributed by atoms with Crippen LogP contribution in [0.2, 0.25) is 10.0 Å². The van der Waals surface area contributed by atoms with Crippen LogP contribution in [0.4, 0.5) is 5.69 Å². The summed E-state index contributed by atoms with van der Waals surface area (Å²) in [7, 11) is 0. The highest BCUT2D eigenvalue weighted by Crippen LogP contribution is 2.34. The first kappa shape index (κ1) is 20.4. The number of benzene rings is 2. The molecule has 0 aliphatic rings. The molecule has 0 radical (unpaired) electrons. The van der Waals surface area contributed by atoms with E-state index in [-0.39, 0.29) is 5.91 Å².